The molecule has 378 valence electrons. The fraction of sp³-hybridized carbons (Fsp3) is 0.717. The predicted molar refractivity (Wildman–Crippen MR) is 284 cm³/mol. The number of unbranched alkanes of at least 4 members (excludes halogenated alkanes) is 24. The summed E-state index contributed by atoms with van der Waals surface area (Å²) in [7, 11) is 0. The Kier molecular flexibility index (Phi) is 51.4. The lowest BCUT2D eigenvalue weighted by Gasteiger charge is -2.18. The van der Waals surface area contributed by atoms with Crippen LogP contribution < -0.4 is 0 Å². The number of carbonyl (C=O) groups excluding carboxylic acids is 3. The molecule has 0 saturated carbocycles. The molecule has 0 radical (unpaired) electrons. The zero-order valence-corrected chi connectivity index (χ0v) is 43.2. The summed E-state index contributed by atoms with van der Waals surface area (Å²) in [5, 5.41) is 0. The molecule has 0 aromatic heterocycles. The highest BCUT2D eigenvalue weighted by molar-refractivity contribution is 5.71. The molecule has 6 nitrogen and oxygen atoms in total. The number of allylic oxidation sites excluding steroid dienone is 14. The van der Waals surface area contributed by atoms with E-state index in [1.165, 1.54) is 122 Å². The molecule has 6 heteroatoms. The molecule has 0 amide bonds. The van der Waals surface area contributed by atoms with Crippen LogP contribution in [0.1, 0.15) is 258 Å². The average molecular weight is 919 g/mol. The number of hydrogen-bond acceptors (Lipinski definition) is 6. The SMILES string of the molecule is CC/C=C/C/C=C/C/C=C/C/C=C/C/C=C/CCCCCC(=O)OCC(COC(=O)CC/C=C/C/C=C/CCCCCCCC)OC(=O)CCCCCCCCCCCCCCCCCC. The fourth-order valence-corrected chi connectivity index (χ4v) is 7.52. The van der Waals surface area contributed by atoms with Gasteiger partial charge in [0.05, 0.1) is 0 Å². The molecule has 1 atom stereocenters. The summed E-state index contributed by atoms with van der Waals surface area (Å²) in [6, 6.07) is 0. The second-order valence-corrected chi connectivity index (χ2v) is 18.1. The molecule has 0 bridgehead atoms. The van der Waals surface area contributed by atoms with E-state index in [4.69, 9.17) is 14.2 Å². The van der Waals surface area contributed by atoms with E-state index in [9.17, 15) is 14.4 Å². The lowest BCUT2D eigenvalue weighted by atomic mass is 10.0. The summed E-state index contributed by atoms with van der Waals surface area (Å²) in [5.74, 6) is -1.00. The van der Waals surface area contributed by atoms with Crippen molar-refractivity contribution in [1.82, 2.24) is 0 Å². The van der Waals surface area contributed by atoms with Crippen LogP contribution >= 0.6 is 0 Å². The van der Waals surface area contributed by atoms with Crippen LogP contribution in [0.25, 0.3) is 0 Å². The highest BCUT2D eigenvalue weighted by Gasteiger charge is 2.19. The van der Waals surface area contributed by atoms with E-state index in [0.717, 1.165) is 89.9 Å². The van der Waals surface area contributed by atoms with E-state index in [1.807, 2.05) is 6.08 Å². The molecule has 0 aliphatic rings. The van der Waals surface area contributed by atoms with Crippen LogP contribution in [0.2, 0.25) is 0 Å². The Labute approximate surface area is 407 Å². The Morgan fingerprint density at radius 2 is 0.621 bits per heavy atom. The van der Waals surface area contributed by atoms with Crippen LogP contribution in [-0.4, -0.2) is 37.2 Å². The van der Waals surface area contributed by atoms with Crippen LogP contribution in [0, 0.1) is 0 Å². The smallest absolute Gasteiger partial charge is 0.306 e. The van der Waals surface area contributed by atoms with E-state index < -0.39 is 6.10 Å². The van der Waals surface area contributed by atoms with Crippen LogP contribution in [0.4, 0.5) is 0 Å². The molecule has 0 aromatic rings. The van der Waals surface area contributed by atoms with Crippen molar-refractivity contribution in [3.63, 3.8) is 0 Å². The Balaban J connectivity index is 4.48. The van der Waals surface area contributed by atoms with E-state index in [0.29, 0.717) is 19.3 Å². The molecular formula is C60H102O6. The van der Waals surface area contributed by atoms with Crippen LogP contribution in [0.5, 0.6) is 0 Å². The third kappa shape index (κ3) is 51.6. The Morgan fingerprint density at radius 1 is 0.318 bits per heavy atom. The van der Waals surface area contributed by atoms with Crippen molar-refractivity contribution >= 4 is 17.9 Å². The quantitative estimate of drug-likeness (QED) is 0.0262. The topological polar surface area (TPSA) is 78.9 Å². The summed E-state index contributed by atoms with van der Waals surface area (Å²) in [6.07, 6.45) is 70.1. The van der Waals surface area contributed by atoms with Gasteiger partial charge in [-0.1, -0.05) is 241 Å². The van der Waals surface area contributed by atoms with Crippen molar-refractivity contribution in [3.05, 3.63) is 85.1 Å². The minimum atomic E-state index is -0.811. The van der Waals surface area contributed by atoms with Gasteiger partial charge in [-0.25, -0.2) is 0 Å². The summed E-state index contributed by atoms with van der Waals surface area (Å²) >= 11 is 0. The normalized spacial score (nSPS) is 12.7. The zero-order chi connectivity index (χ0) is 47.9. The number of esters is 3. The van der Waals surface area contributed by atoms with E-state index >= 15 is 0 Å². The molecule has 66 heavy (non-hydrogen) atoms. The Bertz CT molecular complexity index is 1290. The molecule has 1 unspecified atom stereocenters. The Hall–Kier alpha value is -3.41. The van der Waals surface area contributed by atoms with Gasteiger partial charge in [0, 0.05) is 19.3 Å². The first-order valence-electron chi connectivity index (χ1n) is 27.6. The highest BCUT2D eigenvalue weighted by Crippen LogP contribution is 2.15. The lowest BCUT2D eigenvalue weighted by molar-refractivity contribution is -0.166. The van der Waals surface area contributed by atoms with Crippen molar-refractivity contribution in [3.8, 4) is 0 Å². The van der Waals surface area contributed by atoms with Gasteiger partial charge in [0.25, 0.3) is 0 Å². The molecule has 0 aromatic carbocycles. The van der Waals surface area contributed by atoms with Gasteiger partial charge in [-0.3, -0.25) is 14.4 Å². The van der Waals surface area contributed by atoms with Gasteiger partial charge in [0.2, 0.25) is 0 Å². The molecule has 0 spiro atoms. The molecule has 0 aliphatic carbocycles. The maximum absolute atomic E-state index is 12.8. The third-order valence-corrected chi connectivity index (χ3v) is 11.6. The van der Waals surface area contributed by atoms with Crippen molar-refractivity contribution in [2.45, 2.75) is 264 Å². The monoisotopic (exact) mass is 919 g/mol. The van der Waals surface area contributed by atoms with Gasteiger partial charge < -0.3 is 14.2 Å². The van der Waals surface area contributed by atoms with Crippen LogP contribution in [0.3, 0.4) is 0 Å². The number of hydrogen-bond donors (Lipinski definition) is 0. The van der Waals surface area contributed by atoms with Gasteiger partial charge in [-0.15, -0.1) is 0 Å². The maximum Gasteiger partial charge on any atom is 0.306 e. The molecule has 0 rings (SSSR count). The van der Waals surface area contributed by atoms with Gasteiger partial charge >= 0.3 is 17.9 Å². The largest absolute Gasteiger partial charge is 0.462 e. The van der Waals surface area contributed by atoms with Crippen LogP contribution in [-0.2, 0) is 28.6 Å². The second-order valence-electron chi connectivity index (χ2n) is 18.1. The highest BCUT2D eigenvalue weighted by atomic mass is 16.6. The van der Waals surface area contributed by atoms with E-state index in [-0.39, 0.29) is 37.5 Å². The van der Waals surface area contributed by atoms with Gasteiger partial charge in [0.1, 0.15) is 13.2 Å². The number of carbonyl (C=O) groups is 3. The number of ether oxygens (including phenoxy) is 3. The summed E-state index contributed by atoms with van der Waals surface area (Å²) < 4.78 is 16.8. The molecule has 0 fully saturated rings. The zero-order valence-electron chi connectivity index (χ0n) is 43.2. The third-order valence-electron chi connectivity index (χ3n) is 11.6. The second kappa shape index (κ2) is 54.2. The first kappa shape index (κ1) is 62.6. The first-order valence-corrected chi connectivity index (χ1v) is 27.6. The van der Waals surface area contributed by atoms with E-state index in [2.05, 4.69) is 99.8 Å². The predicted octanol–water partition coefficient (Wildman–Crippen LogP) is 18.4. The lowest BCUT2D eigenvalue weighted by Crippen LogP contribution is -2.30. The fourth-order valence-electron chi connectivity index (χ4n) is 7.52. The summed E-state index contributed by atoms with van der Waals surface area (Å²) in [6.45, 7) is 6.45. The molecule has 0 heterocycles. The van der Waals surface area contributed by atoms with Gasteiger partial charge in [-0.05, 0) is 83.5 Å². The maximum atomic E-state index is 12.8. The number of rotatable bonds is 49. The molecule has 0 aliphatic heterocycles. The standard InChI is InChI=1S/C60H102O6/c1-4-7-10-13-16-19-22-25-27-29-30-31-33-35-38-41-44-47-50-53-59(62)65-56-57(55-64-58(61)52-49-46-43-40-37-34-24-21-18-15-12-9-6-3)66-60(63)54-51-48-45-42-39-36-32-28-26-23-20-17-14-11-8-5-2/h7,10,16,19,25,27,30-31,34-35,37-38,43,46,57H,4-6,8-9,11-15,17-18,20-24,26,28-29,32-33,36,39-42,44-45,47-56H2,1-3H3/b10-7+,19-16+,27-25+,31-30+,37-34+,38-35+,46-43+. The van der Waals surface area contributed by atoms with E-state index in [1.54, 1.807) is 0 Å². The van der Waals surface area contributed by atoms with Gasteiger partial charge in [-0.2, -0.15) is 0 Å². The Morgan fingerprint density at radius 3 is 1.03 bits per heavy atom. The summed E-state index contributed by atoms with van der Waals surface area (Å²) in [4.78, 5) is 38.0. The van der Waals surface area contributed by atoms with Crippen molar-refractivity contribution in [1.29, 1.82) is 0 Å². The first-order chi connectivity index (χ1) is 32.5. The van der Waals surface area contributed by atoms with Crippen molar-refractivity contribution in [2.75, 3.05) is 13.2 Å². The average Bonchev–Trinajstić information content (AvgIpc) is 3.31. The molecular weight excluding hydrogens is 817 g/mol. The van der Waals surface area contributed by atoms with Crippen molar-refractivity contribution < 1.29 is 28.6 Å². The minimum Gasteiger partial charge on any atom is -0.462 e. The molecule has 0 saturated heterocycles. The minimum absolute atomic E-state index is 0.109. The van der Waals surface area contributed by atoms with Crippen LogP contribution in [0.15, 0.2) is 85.1 Å². The van der Waals surface area contributed by atoms with Gasteiger partial charge in [0.15, 0.2) is 6.10 Å². The van der Waals surface area contributed by atoms with Crippen molar-refractivity contribution in [2.24, 2.45) is 0 Å². The summed E-state index contributed by atoms with van der Waals surface area (Å²) in [5.41, 5.74) is 0. The molecule has 0 N–H and O–H groups in total.